The van der Waals surface area contributed by atoms with Crippen molar-refractivity contribution in [2.45, 2.75) is 39.3 Å². The number of hydrogen-bond acceptors (Lipinski definition) is 3. The van der Waals surface area contributed by atoms with E-state index in [1.54, 1.807) is 6.07 Å². The number of benzene rings is 1. The number of H-pyrrole nitrogens is 1. The van der Waals surface area contributed by atoms with E-state index in [2.05, 4.69) is 15.6 Å². The summed E-state index contributed by atoms with van der Waals surface area (Å²) in [5, 5.41) is 5.41. The Labute approximate surface area is 148 Å². The standard InChI is InChI=1S/C19H25N3O3/c1-12(13-9-7-6-8-10-13)25-15-11-14(17(23)22-19(2,3)4)21-16(15)18(24)20-5/h6-12,21H,1-5H3,(H,20,24)(H,22,23)/t12-/m1/s1. The van der Waals surface area contributed by atoms with Crippen LogP contribution in [0.2, 0.25) is 0 Å². The van der Waals surface area contributed by atoms with Gasteiger partial charge in [0, 0.05) is 18.7 Å². The normalized spacial score (nSPS) is 12.4. The lowest BCUT2D eigenvalue weighted by Crippen LogP contribution is -2.40. The minimum atomic E-state index is -0.381. The van der Waals surface area contributed by atoms with Crippen LogP contribution in [0.5, 0.6) is 5.75 Å². The molecule has 25 heavy (non-hydrogen) atoms. The van der Waals surface area contributed by atoms with E-state index < -0.39 is 0 Å². The van der Waals surface area contributed by atoms with E-state index in [0.29, 0.717) is 5.75 Å². The van der Waals surface area contributed by atoms with Gasteiger partial charge in [-0.05, 0) is 33.3 Å². The van der Waals surface area contributed by atoms with Gasteiger partial charge in [-0.1, -0.05) is 30.3 Å². The highest BCUT2D eigenvalue weighted by atomic mass is 16.5. The summed E-state index contributed by atoms with van der Waals surface area (Å²) in [5.41, 5.74) is 1.11. The van der Waals surface area contributed by atoms with E-state index in [0.717, 1.165) is 5.56 Å². The first-order chi connectivity index (χ1) is 11.7. The predicted molar refractivity (Wildman–Crippen MR) is 96.9 cm³/mol. The van der Waals surface area contributed by atoms with Crippen LogP contribution in [-0.2, 0) is 0 Å². The molecule has 2 amide bonds. The summed E-state index contributed by atoms with van der Waals surface area (Å²) in [5.74, 6) is -0.292. The molecule has 0 fully saturated rings. The number of carbonyl (C=O) groups excluding carboxylic acids is 2. The van der Waals surface area contributed by atoms with Gasteiger partial charge in [0.2, 0.25) is 0 Å². The number of ether oxygens (including phenoxy) is 1. The summed E-state index contributed by atoms with van der Waals surface area (Å²) < 4.78 is 5.94. The molecule has 0 unspecified atom stereocenters. The Morgan fingerprint density at radius 2 is 1.76 bits per heavy atom. The lowest BCUT2D eigenvalue weighted by molar-refractivity contribution is 0.0914. The van der Waals surface area contributed by atoms with Crippen LogP contribution in [-0.4, -0.2) is 29.4 Å². The maximum atomic E-state index is 12.4. The highest BCUT2D eigenvalue weighted by Gasteiger charge is 2.23. The fourth-order valence-electron chi connectivity index (χ4n) is 2.34. The van der Waals surface area contributed by atoms with E-state index in [4.69, 9.17) is 4.74 Å². The predicted octanol–water partition coefficient (Wildman–Crippen LogP) is 3.04. The Balaban J connectivity index is 2.29. The van der Waals surface area contributed by atoms with E-state index in [-0.39, 0.29) is 34.8 Å². The molecule has 2 aromatic rings. The third-order valence-electron chi connectivity index (χ3n) is 3.54. The van der Waals surface area contributed by atoms with Crippen LogP contribution in [0.15, 0.2) is 36.4 Å². The van der Waals surface area contributed by atoms with Crippen LogP contribution >= 0.6 is 0 Å². The van der Waals surface area contributed by atoms with Gasteiger partial charge in [0.15, 0.2) is 5.75 Å². The van der Waals surface area contributed by atoms with Crippen LogP contribution in [0.1, 0.15) is 60.3 Å². The van der Waals surface area contributed by atoms with Gasteiger partial charge in [-0.25, -0.2) is 0 Å². The third kappa shape index (κ3) is 4.86. The van der Waals surface area contributed by atoms with Gasteiger partial charge in [-0.15, -0.1) is 0 Å². The van der Waals surface area contributed by atoms with Crippen molar-refractivity contribution in [3.05, 3.63) is 53.3 Å². The van der Waals surface area contributed by atoms with Crippen LogP contribution in [0.3, 0.4) is 0 Å². The van der Waals surface area contributed by atoms with Gasteiger partial charge in [0.05, 0.1) is 0 Å². The highest BCUT2D eigenvalue weighted by molar-refractivity contribution is 5.99. The maximum Gasteiger partial charge on any atom is 0.271 e. The molecule has 0 aliphatic carbocycles. The van der Waals surface area contributed by atoms with Gasteiger partial charge in [-0.3, -0.25) is 9.59 Å². The molecule has 0 bridgehead atoms. The van der Waals surface area contributed by atoms with Crippen LogP contribution in [0.25, 0.3) is 0 Å². The summed E-state index contributed by atoms with van der Waals surface area (Å²) in [6.07, 6.45) is -0.265. The lowest BCUT2D eigenvalue weighted by Gasteiger charge is -2.19. The van der Waals surface area contributed by atoms with Crippen molar-refractivity contribution in [2.24, 2.45) is 0 Å². The minimum Gasteiger partial charge on any atom is -0.484 e. The maximum absolute atomic E-state index is 12.4. The molecule has 0 spiro atoms. The summed E-state index contributed by atoms with van der Waals surface area (Å²) in [6.45, 7) is 7.57. The fraction of sp³-hybridized carbons (Fsp3) is 0.368. The molecule has 134 valence electrons. The molecular formula is C19H25N3O3. The van der Waals surface area contributed by atoms with Gasteiger partial charge in [-0.2, -0.15) is 0 Å². The third-order valence-corrected chi connectivity index (χ3v) is 3.54. The molecule has 1 heterocycles. The van der Waals surface area contributed by atoms with E-state index >= 15 is 0 Å². The molecule has 1 aromatic carbocycles. The average molecular weight is 343 g/mol. The van der Waals surface area contributed by atoms with E-state index in [9.17, 15) is 9.59 Å². The van der Waals surface area contributed by atoms with Crippen LogP contribution in [0, 0.1) is 0 Å². The Hall–Kier alpha value is -2.76. The largest absolute Gasteiger partial charge is 0.484 e. The quantitative estimate of drug-likeness (QED) is 0.780. The molecule has 3 N–H and O–H groups in total. The van der Waals surface area contributed by atoms with Crippen molar-refractivity contribution in [3.8, 4) is 5.75 Å². The molecule has 6 heteroatoms. The molecule has 0 aliphatic rings. The van der Waals surface area contributed by atoms with Crippen molar-refractivity contribution in [1.29, 1.82) is 0 Å². The molecule has 2 rings (SSSR count). The SMILES string of the molecule is CNC(=O)c1[nH]c(C(=O)NC(C)(C)C)cc1O[C@H](C)c1ccccc1. The van der Waals surface area contributed by atoms with Crippen molar-refractivity contribution < 1.29 is 14.3 Å². The lowest BCUT2D eigenvalue weighted by atomic mass is 10.1. The first-order valence-electron chi connectivity index (χ1n) is 8.20. The molecule has 0 radical (unpaired) electrons. The van der Waals surface area contributed by atoms with Gasteiger partial charge in [0.1, 0.15) is 17.5 Å². The molecule has 0 aliphatic heterocycles. The van der Waals surface area contributed by atoms with Crippen molar-refractivity contribution in [3.63, 3.8) is 0 Å². The number of rotatable bonds is 5. The first-order valence-corrected chi connectivity index (χ1v) is 8.20. The number of carbonyl (C=O) groups is 2. The Kier molecular flexibility index (Phi) is 5.51. The summed E-state index contributed by atoms with van der Waals surface area (Å²) in [7, 11) is 1.53. The smallest absolute Gasteiger partial charge is 0.271 e. The number of nitrogens with one attached hydrogen (secondary N) is 3. The molecule has 6 nitrogen and oxygen atoms in total. The van der Waals surface area contributed by atoms with Crippen LogP contribution < -0.4 is 15.4 Å². The number of aromatic amines is 1. The van der Waals surface area contributed by atoms with E-state index in [1.807, 2.05) is 58.0 Å². The zero-order valence-corrected chi connectivity index (χ0v) is 15.3. The first kappa shape index (κ1) is 18.6. The van der Waals surface area contributed by atoms with E-state index in [1.165, 1.54) is 7.05 Å². The van der Waals surface area contributed by atoms with Gasteiger partial charge < -0.3 is 20.4 Å². The number of aromatic nitrogens is 1. The Bertz CT molecular complexity index is 745. The minimum absolute atomic E-state index is 0.226. The summed E-state index contributed by atoms with van der Waals surface area (Å²) in [4.78, 5) is 27.3. The molecule has 1 atom stereocenters. The highest BCUT2D eigenvalue weighted by Crippen LogP contribution is 2.26. The van der Waals surface area contributed by atoms with Gasteiger partial charge >= 0.3 is 0 Å². The second-order valence-corrected chi connectivity index (χ2v) is 6.88. The van der Waals surface area contributed by atoms with Crippen molar-refractivity contribution >= 4 is 11.8 Å². The average Bonchev–Trinajstić information content (AvgIpc) is 2.97. The fourth-order valence-corrected chi connectivity index (χ4v) is 2.34. The Morgan fingerprint density at radius 1 is 1.12 bits per heavy atom. The number of hydrogen-bond donors (Lipinski definition) is 3. The molecule has 0 saturated heterocycles. The number of amides is 2. The summed E-state index contributed by atoms with van der Waals surface area (Å²) >= 11 is 0. The molecule has 1 aromatic heterocycles. The second kappa shape index (κ2) is 7.42. The molecular weight excluding hydrogens is 318 g/mol. The zero-order valence-electron chi connectivity index (χ0n) is 15.3. The molecule has 0 saturated carbocycles. The van der Waals surface area contributed by atoms with Gasteiger partial charge in [0.25, 0.3) is 11.8 Å². The summed E-state index contributed by atoms with van der Waals surface area (Å²) in [6, 6.07) is 11.2. The zero-order chi connectivity index (χ0) is 18.6. The van der Waals surface area contributed by atoms with Crippen molar-refractivity contribution in [1.82, 2.24) is 15.6 Å². The Morgan fingerprint density at radius 3 is 2.32 bits per heavy atom. The van der Waals surface area contributed by atoms with Crippen LogP contribution in [0.4, 0.5) is 0 Å². The van der Waals surface area contributed by atoms with Crippen molar-refractivity contribution in [2.75, 3.05) is 7.05 Å². The second-order valence-electron chi connectivity index (χ2n) is 6.88. The monoisotopic (exact) mass is 343 g/mol. The topological polar surface area (TPSA) is 83.2 Å².